The fraction of sp³-hybridized carbons (Fsp3) is 0.353. The molecule has 0 spiro atoms. The lowest BCUT2D eigenvalue weighted by Crippen LogP contribution is -2.21. The highest BCUT2D eigenvalue weighted by Gasteiger charge is 2.09. The van der Waals surface area contributed by atoms with E-state index in [1.807, 2.05) is 17.9 Å². The number of para-hydroxylation sites is 1. The minimum atomic E-state index is 0.489. The van der Waals surface area contributed by atoms with Crippen LogP contribution in [0, 0.1) is 0 Å². The summed E-state index contributed by atoms with van der Waals surface area (Å²) >= 11 is 0. The zero-order valence-corrected chi connectivity index (χ0v) is 12.9. The van der Waals surface area contributed by atoms with Gasteiger partial charge in [-0.15, -0.1) is 0 Å². The molecule has 2 heterocycles. The van der Waals surface area contributed by atoms with Crippen molar-refractivity contribution in [3.63, 3.8) is 0 Å². The molecule has 1 aromatic carbocycles. The van der Waals surface area contributed by atoms with Crippen molar-refractivity contribution in [1.82, 2.24) is 19.7 Å². The highest BCUT2D eigenvalue weighted by atomic mass is 15.3. The summed E-state index contributed by atoms with van der Waals surface area (Å²) in [5.41, 5.74) is 3.69. The Morgan fingerprint density at radius 3 is 2.71 bits per heavy atom. The summed E-state index contributed by atoms with van der Waals surface area (Å²) in [6, 6.07) is 11.1. The summed E-state index contributed by atoms with van der Waals surface area (Å²) in [7, 11) is 1.95. The van der Waals surface area contributed by atoms with Crippen LogP contribution >= 0.6 is 0 Å². The molecule has 4 nitrogen and oxygen atoms in total. The lowest BCUT2D eigenvalue weighted by molar-refractivity contribution is 0.589. The van der Waals surface area contributed by atoms with Crippen molar-refractivity contribution in [3.05, 3.63) is 54.0 Å². The van der Waals surface area contributed by atoms with Crippen LogP contribution in [0.25, 0.3) is 10.9 Å². The van der Waals surface area contributed by atoms with Gasteiger partial charge in [0.2, 0.25) is 0 Å². The molecule has 1 N–H and O–H groups in total. The van der Waals surface area contributed by atoms with Crippen molar-refractivity contribution < 1.29 is 0 Å². The molecule has 0 aliphatic carbocycles. The normalized spacial score (nSPS) is 11.6. The zero-order chi connectivity index (χ0) is 14.8. The van der Waals surface area contributed by atoms with Crippen molar-refractivity contribution in [2.24, 2.45) is 7.05 Å². The van der Waals surface area contributed by atoms with Crippen LogP contribution in [-0.2, 0) is 20.1 Å². The van der Waals surface area contributed by atoms with Crippen LogP contribution in [0.5, 0.6) is 0 Å². The number of hydrogen-bond acceptors (Lipinski definition) is 2. The second kappa shape index (κ2) is 5.74. The highest BCUT2D eigenvalue weighted by molar-refractivity contribution is 5.84. The van der Waals surface area contributed by atoms with Gasteiger partial charge >= 0.3 is 0 Å². The van der Waals surface area contributed by atoms with E-state index in [1.165, 1.54) is 16.5 Å². The van der Waals surface area contributed by atoms with Crippen LogP contribution < -0.4 is 5.32 Å². The monoisotopic (exact) mass is 282 g/mol. The number of aryl methyl sites for hydroxylation is 1. The Morgan fingerprint density at radius 2 is 2.00 bits per heavy atom. The average Bonchev–Trinajstić information content (AvgIpc) is 3.02. The molecular formula is C17H22N4. The molecular weight excluding hydrogens is 260 g/mol. The molecule has 0 aliphatic rings. The Balaban J connectivity index is 1.94. The molecule has 2 aromatic heterocycles. The van der Waals surface area contributed by atoms with E-state index in [1.54, 1.807) is 0 Å². The third-order valence-corrected chi connectivity index (χ3v) is 3.67. The Kier molecular flexibility index (Phi) is 3.80. The molecule has 0 saturated carbocycles. The third kappa shape index (κ3) is 3.00. The summed E-state index contributed by atoms with van der Waals surface area (Å²) in [5, 5.41) is 9.30. The summed E-state index contributed by atoms with van der Waals surface area (Å²) in [5.74, 6) is 0. The Hall–Kier alpha value is -2.07. The summed E-state index contributed by atoms with van der Waals surface area (Å²) in [6.45, 7) is 6.05. The Bertz CT molecular complexity index is 736. The SMILES string of the molecule is CC(C)NCc1cn(Cc2ccn(C)n2)c2ccccc12. The predicted octanol–water partition coefficient (Wildman–Crippen LogP) is 2.92. The quantitative estimate of drug-likeness (QED) is 0.781. The number of rotatable bonds is 5. The van der Waals surface area contributed by atoms with Gasteiger partial charge in [-0.3, -0.25) is 4.68 Å². The molecule has 0 aliphatic heterocycles. The van der Waals surface area contributed by atoms with Crippen LogP contribution in [0.3, 0.4) is 0 Å². The largest absolute Gasteiger partial charge is 0.341 e. The second-order valence-corrected chi connectivity index (χ2v) is 5.82. The molecule has 3 rings (SSSR count). The van der Waals surface area contributed by atoms with Gasteiger partial charge in [-0.05, 0) is 17.7 Å². The van der Waals surface area contributed by atoms with Crippen molar-refractivity contribution in [2.75, 3.05) is 0 Å². The van der Waals surface area contributed by atoms with Crippen LogP contribution in [0.4, 0.5) is 0 Å². The second-order valence-electron chi connectivity index (χ2n) is 5.82. The number of aromatic nitrogens is 3. The summed E-state index contributed by atoms with van der Waals surface area (Å²) < 4.78 is 4.14. The molecule has 0 bridgehead atoms. The number of fused-ring (bicyclic) bond motifs is 1. The smallest absolute Gasteiger partial charge is 0.0821 e. The van der Waals surface area contributed by atoms with E-state index in [0.29, 0.717) is 6.04 Å². The minimum absolute atomic E-state index is 0.489. The standard InChI is InChI=1S/C17H22N4/c1-13(2)18-10-14-11-21(12-15-8-9-20(3)19-15)17-7-5-4-6-16(14)17/h4-9,11,13,18H,10,12H2,1-3H3. The van der Waals surface area contributed by atoms with E-state index < -0.39 is 0 Å². The first-order valence-electron chi connectivity index (χ1n) is 7.42. The lowest BCUT2D eigenvalue weighted by Gasteiger charge is -2.06. The van der Waals surface area contributed by atoms with Gasteiger partial charge in [0.25, 0.3) is 0 Å². The fourth-order valence-corrected chi connectivity index (χ4v) is 2.63. The summed E-state index contributed by atoms with van der Waals surface area (Å²) in [6.07, 6.45) is 4.23. The molecule has 21 heavy (non-hydrogen) atoms. The van der Waals surface area contributed by atoms with Crippen molar-refractivity contribution in [1.29, 1.82) is 0 Å². The van der Waals surface area contributed by atoms with E-state index >= 15 is 0 Å². The fourth-order valence-electron chi connectivity index (χ4n) is 2.63. The van der Waals surface area contributed by atoms with Gasteiger partial charge in [0.1, 0.15) is 0 Å². The maximum absolute atomic E-state index is 4.48. The van der Waals surface area contributed by atoms with E-state index in [2.05, 4.69) is 65.4 Å². The minimum Gasteiger partial charge on any atom is -0.341 e. The Morgan fingerprint density at radius 1 is 1.19 bits per heavy atom. The highest BCUT2D eigenvalue weighted by Crippen LogP contribution is 2.22. The van der Waals surface area contributed by atoms with E-state index in [-0.39, 0.29) is 0 Å². The number of benzene rings is 1. The molecule has 0 fully saturated rings. The summed E-state index contributed by atoms with van der Waals surface area (Å²) in [4.78, 5) is 0. The maximum Gasteiger partial charge on any atom is 0.0821 e. The number of nitrogens with zero attached hydrogens (tertiary/aromatic N) is 3. The first-order chi connectivity index (χ1) is 10.1. The first kappa shape index (κ1) is 13.9. The average molecular weight is 282 g/mol. The van der Waals surface area contributed by atoms with Crippen molar-refractivity contribution in [3.8, 4) is 0 Å². The van der Waals surface area contributed by atoms with Crippen molar-refractivity contribution >= 4 is 10.9 Å². The van der Waals surface area contributed by atoms with Gasteiger partial charge in [0.15, 0.2) is 0 Å². The lowest BCUT2D eigenvalue weighted by atomic mass is 10.2. The van der Waals surface area contributed by atoms with Gasteiger partial charge in [0.05, 0.1) is 12.2 Å². The van der Waals surface area contributed by atoms with E-state index in [9.17, 15) is 0 Å². The van der Waals surface area contributed by atoms with Crippen LogP contribution in [-0.4, -0.2) is 20.4 Å². The van der Waals surface area contributed by atoms with Crippen LogP contribution in [0.1, 0.15) is 25.1 Å². The van der Waals surface area contributed by atoms with E-state index in [0.717, 1.165) is 18.8 Å². The topological polar surface area (TPSA) is 34.8 Å². The molecule has 0 atom stereocenters. The predicted molar refractivity (Wildman–Crippen MR) is 86.2 cm³/mol. The molecule has 110 valence electrons. The third-order valence-electron chi connectivity index (χ3n) is 3.67. The zero-order valence-electron chi connectivity index (χ0n) is 12.9. The molecule has 4 heteroatoms. The van der Waals surface area contributed by atoms with Gasteiger partial charge in [-0.1, -0.05) is 32.0 Å². The number of hydrogen-bond donors (Lipinski definition) is 1. The van der Waals surface area contributed by atoms with Crippen LogP contribution in [0.2, 0.25) is 0 Å². The van der Waals surface area contributed by atoms with Crippen molar-refractivity contribution in [2.45, 2.75) is 33.0 Å². The van der Waals surface area contributed by atoms with Gasteiger partial charge in [-0.25, -0.2) is 0 Å². The first-order valence-corrected chi connectivity index (χ1v) is 7.42. The van der Waals surface area contributed by atoms with Gasteiger partial charge < -0.3 is 9.88 Å². The van der Waals surface area contributed by atoms with Crippen LogP contribution in [0.15, 0.2) is 42.7 Å². The Labute approximate surface area is 125 Å². The molecule has 0 amide bonds. The van der Waals surface area contributed by atoms with E-state index in [4.69, 9.17) is 0 Å². The van der Waals surface area contributed by atoms with Gasteiger partial charge in [0, 0.05) is 42.9 Å². The molecule has 0 radical (unpaired) electrons. The molecule has 3 aromatic rings. The molecule has 0 saturated heterocycles. The number of nitrogens with one attached hydrogen (secondary N) is 1. The molecule has 0 unspecified atom stereocenters. The maximum atomic E-state index is 4.48. The van der Waals surface area contributed by atoms with Gasteiger partial charge in [-0.2, -0.15) is 5.10 Å².